The molecule has 0 amide bonds. The summed E-state index contributed by atoms with van der Waals surface area (Å²) < 4.78 is 0. The monoisotopic (exact) mass is 217 g/mol. The Hall–Kier alpha value is -1.31. The van der Waals surface area contributed by atoms with Gasteiger partial charge in [-0.1, -0.05) is 19.1 Å². The van der Waals surface area contributed by atoms with Crippen LogP contribution in [-0.2, 0) is 0 Å². The Labute approximate surface area is 97.3 Å². The third kappa shape index (κ3) is 2.26. The van der Waals surface area contributed by atoms with Crippen LogP contribution < -0.4 is 4.90 Å². The van der Waals surface area contributed by atoms with Gasteiger partial charge in [-0.3, -0.25) is 4.79 Å². The summed E-state index contributed by atoms with van der Waals surface area (Å²) in [7, 11) is 0. The van der Waals surface area contributed by atoms with Crippen molar-refractivity contribution in [2.75, 3.05) is 18.0 Å². The highest BCUT2D eigenvalue weighted by Crippen LogP contribution is 2.26. The molecule has 1 saturated heterocycles. The van der Waals surface area contributed by atoms with Gasteiger partial charge in [-0.15, -0.1) is 0 Å². The van der Waals surface area contributed by atoms with Crippen molar-refractivity contribution in [3.8, 4) is 0 Å². The zero-order chi connectivity index (χ0) is 11.5. The molecule has 0 spiro atoms. The highest BCUT2D eigenvalue weighted by atomic mass is 16.1. The molecule has 0 bridgehead atoms. The van der Waals surface area contributed by atoms with Crippen LogP contribution in [0.5, 0.6) is 0 Å². The van der Waals surface area contributed by atoms with E-state index in [9.17, 15) is 4.79 Å². The first-order valence-corrected chi connectivity index (χ1v) is 6.03. The minimum Gasteiger partial charge on any atom is -0.371 e. The van der Waals surface area contributed by atoms with Gasteiger partial charge in [0.15, 0.2) is 5.78 Å². The highest BCUT2D eigenvalue weighted by Gasteiger charge is 2.19. The number of carbonyl (C=O) groups excluding carboxylic acids is 1. The number of carbonyl (C=O) groups is 1. The number of hydrogen-bond donors (Lipinski definition) is 0. The Kier molecular flexibility index (Phi) is 3.28. The van der Waals surface area contributed by atoms with Gasteiger partial charge >= 0.3 is 0 Å². The zero-order valence-corrected chi connectivity index (χ0v) is 10.1. The number of ketones is 1. The quantitative estimate of drug-likeness (QED) is 0.709. The van der Waals surface area contributed by atoms with E-state index in [4.69, 9.17) is 0 Å². The molecule has 0 aliphatic carbocycles. The molecule has 0 saturated carbocycles. The summed E-state index contributed by atoms with van der Waals surface area (Å²) in [6, 6.07) is 7.94. The van der Waals surface area contributed by atoms with Crippen molar-refractivity contribution in [1.82, 2.24) is 0 Å². The van der Waals surface area contributed by atoms with E-state index in [0.29, 0.717) is 0 Å². The van der Waals surface area contributed by atoms with Gasteiger partial charge in [-0.2, -0.15) is 0 Å². The molecule has 16 heavy (non-hydrogen) atoms. The summed E-state index contributed by atoms with van der Waals surface area (Å²) in [5, 5.41) is 0. The van der Waals surface area contributed by atoms with Crippen molar-refractivity contribution in [2.24, 2.45) is 5.92 Å². The molecule has 1 aliphatic heterocycles. The highest BCUT2D eigenvalue weighted by molar-refractivity contribution is 5.99. The van der Waals surface area contributed by atoms with Crippen LogP contribution in [0, 0.1) is 5.92 Å². The van der Waals surface area contributed by atoms with Crippen molar-refractivity contribution in [3.63, 3.8) is 0 Å². The normalized spacial score (nSPS) is 20.9. The predicted octanol–water partition coefficient (Wildman–Crippen LogP) is 3.13. The van der Waals surface area contributed by atoms with Gasteiger partial charge in [0.1, 0.15) is 0 Å². The Morgan fingerprint density at radius 1 is 1.38 bits per heavy atom. The largest absolute Gasteiger partial charge is 0.371 e. The molecule has 0 radical (unpaired) electrons. The summed E-state index contributed by atoms with van der Waals surface area (Å²) in [6.45, 7) is 6.08. The van der Waals surface area contributed by atoms with Crippen molar-refractivity contribution < 1.29 is 4.79 Å². The molecule has 2 nitrogen and oxygen atoms in total. The fourth-order valence-corrected chi connectivity index (χ4v) is 2.46. The first-order valence-electron chi connectivity index (χ1n) is 6.03. The van der Waals surface area contributed by atoms with Crippen LogP contribution in [0.4, 0.5) is 5.69 Å². The molecule has 86 valence electrons. The number of piperidine rings is 1. The van der Waals surface area contributed by atoms with Gasteiger partial charge in [0.25, 0.3) is 0 Å². The smallest absolute Gasteiger partial charge is 0.161 e. The topological polar surface area (TPSA) is 20.3 Å². The van der Waals surface area contributed by atoms with Gasteiger partial charge in [-0.05, 0) is 37.8 Å². The molecule has 1 aromatic carbocycles. The number of nitrogens with zero attached hydrogens (tertiary/aromatic N) is 1. The van der Waals surface area contributed by atoms with Crippen LogP contribution in [-0.4, -0.2) is 18.9 Å². The Bertz CT molecular complexity index is 386. The zero-order valence-electron chi connectivity index (χ0n) is 10.1. The Morgan fingerprint density at radius 2 is 2.12 bits per heavy atom. The molecular formula is C14H19NO. The maximum Gasteiger partial charge on any atom is 0.161 e. The fraction of sp³-hybridized carbons (Fsp3) is 0.500. The maximum atomic E-state index is 11.6. The molecule has 1 fully saturated rings. The van der Waals surface area contributed by atoms with Gasteiger partial charge in [0, 0.05) is 24.3 Å². The molecule has 0 aromatic heterocycles. The van der Waals surface area contributed by atoms with E-state index >= 15 is 0 Å². The summed E-state index contributed by atoms with van der Waals surface area (Å²) in [5.74, 6) is 0.891. The van der Waals surface area contributed by atoms with Crippen molar-refractivity contribution >= 4 is 11.5 Å². The second kappa shape index (κ2) is 4.69. The van der Waals surface area contributed by atoms with Gasteiger partial charge in [-0.25, -0.2) is 0 Å². The second-order valence-corrected chi connectivity index (χ2v) is 4.77. The molecule has 1 heterocycles. The van der Waals surface area contributed by atoms with E-state index in [1.165, 1.54) is 12.8 Å². The summed E-state index contributed by atoms with van der Waals surface area (Å²) >= 11 is 0. The number of para-hydroxylation sites is 1. The first-order chi connectivity index (χ1) is 7.68. The molecule has 1 unspecified atom stereocenters. The van der Waals surface area contributed by atoms with Gasteiger partial charge < -0.3 is 4.90 Å². The molecule has 2 heteroatoms. The van der Waals surface area contributed by atoms with Crippen molar-refractivity contribution in [3.05, 3.63) is 29.8 Å². The molecule has 2 rings (SSSR count). The Morgan fingerprint density at radius 3 is 2.81 bits per heavy atom. The van der Waals surface area contributed by atoms with Crippen LogP contribution in [0.3, 0.4) is 0 Å². The lowest BCUT2D eigenvalue weighted by Crippen LogP contribution is -2.35. The number of benzene rings is 1. The number of hydrogen-bond acceptors (Lipinski definition) is 2. The van der Waals surface area contributed by atoms with E-state index in [2.05, 4.69) is 17.9 Å². The minimum absolute atomic E-state index is 0.161. The van der Waals surface area contributed by atoms with E-state index in [1.54, 1.807) is 6.92 Å². The van der Waals surface area contributed by atoms with Gasteiger partial charge in [0.05, 0.1) is 0 Å². The molecule has 1 aliphatic rings. The van der Waals surface area contributed by atoms with Crippen LogP contribution in [0.15, 0.2) is 24.3 Å². The van der Waals surface area contributed by atoms with E-state index < -0.39 is 0 Å². The van der Waals surface area contributed by atoms with Crippen molar-refractivity contribution in [1.29, 1.82) is 0 Å². The third-order valence-corrected chi connectivity index (χ3v) is 3.28. The molecule has 1 atom stereocenters. The predicted molar refractivity (Wildman–Crippen MR) is 67.1 cm³/mol. The van der Waals surface area contributed by atoms with Crippen LogP contribution in [0.1, 0.15) is 37.0 Å². The second-order valence-electron chi connectivity index (χ2n) is 4.77. The SMILES string of the molecule is CC(=O)c1ccccc1N1CCCC(C)C1. The molecule has 1 aromatic rings. The Balaban J connectivity index is 2.28. The lowest BCUT2D eigenvalue weighted by Gasteiger charge is -2.33. The summed E-state index contributed by atoms with van der Waals surface area (Å²) in [4.78, 5) is 13.9. The van der Waals surface area contributed by atoms with Crippen LogP contribution >= 0.6 is 0 Å². The molecule has 0 N–H and O–H groups in total. The van der Waals surface area contributed by atoms with Crippen LogP contribution in [0.25, 0.3) is 0 Å². The lowest BCUT2D eigenvalue weighted by molar-refractivity contribution is 0.101. The average Bonchev–Trinajstić information content (AvgIpc) is 2.29. The average molecular weight is 217 g/mol. The van der Waals surface area contributed by atoms with Crippen LogP contribution in [0.2, 0.25) is 0 Å². The summed E-state index contributed by atoms with van der Waals surface area (Å²) in [5.41, 5.74) is 1.97. The van der Waals surface area contributed by atoms with E-state index in [-0.39, 0.29) is 5.78 Å². The summed E-state index contributed by atoms with van der Waals surface area (Å²) in [6.07, 6.45) is 2.53. The third-order valence-electron chi connectivity index (χ3n) is 3.28. The van der Waals surface area contributed by atoms with Crippen molar-refractivity contribution in [2.45, 2.75) is 26.7 Å². The first kappa shape index (κ1) is 11.2. The van der Waals surface area contributed by atoms with E-state index in [1.807, 2.05) is 18.2 Å². The number of Topliss-reactive ketones (excluding diaryl/α,β-unsaturated/α-hetero) is 1. The maximum absolute atomic E-state index is 11.6. The fourth-order valence-electron chi connectivity index (χ4n) is 2.46. The number of anilines is 1. The molecular weight excluding hydrogens is 198 g/mol. The lowest BCUT2D eigenvalue weighted by atomic mass is 9.98. The number of rotatable bonds is 2. The van der Waals surface area contributed by atoms with E-state index in [0.717, 1.165) is 30.3 Å². The van der Waals surface area contributed by atoms with Gasteiger partial charge in [0.2, 0.25) is 0 Å². The standard InChI is InChI=1S/C14H19NO/c1-11-6-5-9-15(10-11)14-8-4-3-7-13(14)12(2)16/h3-4,7-8,11H,5-6,9-10H2,1-2H3. The minimum atomic E-state index is 0.161.